The van der Waals surface area contributed by atoms with Crippen molar-refractivity contribution in [3.63, 3.8) is 0 Å². The Morgan fingerprint density at radius 2 is 2.15 bits per heavy atom. The number of rotatable bonds is 4. The molecule has 106 valence electrons. The number of nitrogens with two attached hydrogens (primary N) is 2. The van der Waals surface area contributed by atoms with Gasteiger partial charge in [0, 0.05) is 17.1 Å². The van der Waals surface area contributed by atoms with Gasteiger partial charge in [0.2, 0.25) is 0 Å². The normalized spacial score (nSPS) is 13.9. The molecule has 0 spiro atoms. The molecule has 5 nitrogen and oxygen atoms in total. The molecule has 2 unspecified atom stereocenters. The average molecular weight is 311 g/mol. The second kappa shape index (κ2) is 6.30. The minimum absolute atomic E-state index is 0.0846. The molecular formula is C13H15ClN4OS. The first-order valence-corrected chi connectivity index (χ1v) is 7.26. The minimum Gasteiger partial charge on any atom is -0.383 e. The molecule has 1 aromatic heterocycles. The van der Waals surface area contributed by atoms with Gasteiger partial charge in [-0.3, -0.25) is 4.79 Å². The molecule has 0 aliphatic rings. The fourth-order valence-corrected chi connectivity index (χ4v) is 3.05. The van der Waals surface area contributed by atoms with E-state index in [2.05, 4.69) is 9.97 Å². The number of benzene rings is 1. The summed E-state index contributed by atoms with van der Waals surface area (Å²) in [4.78, 5) is 18.2. The van der Waals surface area contributed by atoms with Crippen LogP contribution in [0.25, 0.3) is 0 Å². The summed E-state index contributed by atoms with van der Waals surface area (Å²) in [5.74, 6) is 0.186. The molecule has 0 saturated heterocycles. The number of hydrogen-bond donors (Lipinski definition) is 3. The highest BCUT2D eigenvalue weighted by atomic mass is 35.5. The van der Waals surface area contributed by atoms with E-state index in [1.54, 1.807) is 6.07 Å². The fourth-order valence-electron chi connectivity index (χ4n) is 1.79. The van der Waals surface area contributed by atoms with Crippen LogP contribution in [0.4, 0.5) is 5.82 Å². The van der Waals surface area contributed by atoms with Crippen molar-refractivity contribution in [2.24, 2.45) is 5.73 Å². The van der Waals surface area contributed by atoms with Crippen LogP contribution in [-0.4, -0.2) is 16.0 Å². The van der Waals surface area contributed by atoms with Gasteiger partial charge in [0.1, 0.15) is 5.82 Å². The van der Waals surface area contributed by atoms with Crippen LogP contribution < -0.4 is 17.0 Å². The van der Waals surface area contributed by atoms with Crippen LogP contribution in [0.2, 0.25) is 5.02 Å². The highest BCUT2D eigenvalue weighted by Crippen LogP contribution is 2.36. The highest BCUT2D eigenvalue weighted by molar-refractivity contribution is 7.99. The van der Waals surface area contributed by atoms with Gasteiger partial charge in [-0.25, -0.2) is 4.98 Å². The minimum atomic E-state index is -0.283. The van der Waals surface area contributed by atoms with E-state index in [0.29, 0.717) is 10.2 Å². The van der Waals surface area contributed by atoms with Gasteiger partial charge in [-0.15, -0.1) is 0 Å². The van der Waals surface area contributed by atoms with Gasteiger partial charge in [0.25, 0.3) is 5.56 Å². The van der Waals surface area contributed by atoms with Gasteiger partial charge in [-0.05, 0) is 24.6 Å². The fraction of sp³-hybridized carbons (Fsp3) is 0.231. The van der Waals surface area contributed by atoms with Crippen LogP contribution in [0.1, 0.15) is 17.7 Å². The Morgan fingerprint density at radius 3 is 2.75 bits per heavy atom. The Bertz CT molecular complexity index is 659. The maximum Gasteiger partial charge on any atom is 0.253 e. The largest absolute Gasteiger partial charge is 0.383 e. The smallest absolute Gasteiger partial charge is 0.253 e. The number of H-pyrrole nitrogens is 1. The van der Waals surface area contributed by atoms with Gasteiger partial charge < -0.3 is 16.5 Å². The number of anilines is 1. The predicted molar refractivity (Wildman–Crippen MR) is 83.0 cm³/mol. The standard InChI is InChI=1S/C13H15ClN4OS/c1-7(15)12(8-3-2-4-9(14)5-8)20-13-17-10(16)6-11(19)18-13/h2-7,12H,15H2,1H3,(H3,16,17,18,19). The van der Waals surface area contributed by atoms with Gasteiger partial charge in [-0.2, -0.15) is 0 Å². The molecule has 2 aromatic rings. The maximum absolute atomic E-state index is 11.4. The molecule has 5 N–H and O–H groups in total. The Labute approximate surface area is 125 Å². The number of aromatic amines is 1. The van der Waals surface area contributed by atoms with E-state index in [4.69, 9.17) is 23.1 Å². The maximum atomic E-state index is 11.4. The molecular weight excluding hydrogens is 296 g/mol. The lowest BCUT2D eigenvalue weighted by molar-refractivity contribution is 0.717. The van der Waals surface area contributed by atoms with Gasteiger partial charge in [0.15, 0.2) is 5.16 Å². The predicted octanol–water partition coefficient (Wildman–Crippen LogP) is 2.19. The summed E-state index contributed by atoms with van der Waals surface area (Å²) in [5, 5.41) is 0.999. The van der Waals surface area contributed by atoms with Gasteiger partial charge in [0.05, 0.1) is 5.25 Å². The molecule has 0 aliphatic carbocycles. The molecule has 0 bridgehead atoms. The lowest BCUT2D eigenvalue weighted by Crippen LogP contribution is -2.23. The molecule has 20 heavy (non-hydrogen) atoms. The summed E-state index contributed by atoms with van der Waals surface area (Å²) in [6.45, 7) is 1.89. The molecule has 0 radical (unpaired) electrons. The molecule has 0 aliphatic heterocycles. The molecule has 1 aromatic carbocycles. The van der Waals surface area contributed by atoms with Crippen LogP contribution in [0.15, 0.2) is 40.3 Å². The quantitative estimate of drug-likeness (QED) is 0.594. The van der Waals surface area contributed by atoms with E-state index < -0.39 is 0 Å². The van der Waals surface area contributed by atoms with Gasteiger partial charge in [-0.1, -0.05) is 35.5 Å². The van der Waals surface area contributed by atoms with E-state index in [0.717, 1.165) is 5.56 Å². The number of nitrogens with one attached hydrogen (secondary N) is 1. The summed E-state index contributed by atoms with van der Waals surface area (Å²) in [6, 6.07) is 8.55. The first-order valence-electron chi connectivity index (χ1n) is 6.00. The number of aromatic nitrogens is 2. The van der Waals surface area contributed by atoms with E-state index in [1.807, 2.05) is 25.1 Å². The van der Waals surface area contributed by atoms with Crippen LogP contribution in [0, 0.1) is 0 Å². The number of nitrogen functional groups attached to an aromatic ring is 1. The zero-order valence-electron chi connectivity index (χ0n) is 10.8. The van der Waals surface area contributed by atoms with Crippen LogP contribution in [0.5, 0.6) is 0 Å². The second-order valence-corrected chi connectivity index (χ2v) is 5.99. The molecule has 1 heterocycles. The van der Waals surface area contributed by atoms with Crippen molar-refractivity contribution in [3.05, 3.63) is 51.3 Å². The van der Waals surface area contributed by atoms with Crippen LogP contribution in [-0.2, 0) is 0 Å². The number of halogens is 1. The van der Waals surface area contributed by atoms with Crippen molar-refractivity contribution in [2.45, 2.75) is 23.4 Å². The second-order valence-electron chi connectivity index (χ2n) is 4.43. The monoisotopic (exact) mass is 310 g/mol. The molecule has 2 atom stereocenters. The third-order valence-corrected chi connectivity index (χ3v) is 4.24. The third-order valence-electron chi connectivity index (χ3n) is 2.63. The molecule has 2 rings (SSSR count). The Balaban J connectivity index is 2.32. The number of nitrogens with zero attached hydrogens (tertiary/aromatic N) is 1. The van der Waals surface area contributed by atoms with Crippen molar-refractivity contribution in [1.82, 2.24) is 9.97 Å². The van der Waals surface area contributed by atoms with Crippen molar-refractivity contribution >= 4 is 29.2 Å². The van der Waals surface area contributed by atoms with Crippen LogP contribution in [0.3, 0.4) is 0 Å². The number of hydrogen-bond acceptors (Lipinski definition) is 5. The lowest BCUT2D eigenvalue weighted by Gasteiger charge is -2.20. The summed E-state index contributed by atoms with van der Waals surface area (Å²) < 4.78 is 0. The summed E-state index contributed by atoms with van der Waals surface area (Å²) in [7, 11) is 0. The molecule has 7 heteroatoms. The van der Waals surface area contributed by atoms with Crippen molar-refractivity contribution in [1.29, 1.82) is 0 Å². The van der Waals surface area contributed by atoms with Gasteiger partial charge >= 0.3 is 0 Å². The molecule has 0 saturated carbocycles. The Morgan fingerprint density at radius 1 is 1.40 bits per heavy atom. The molecule has 0 amide bonds. The SMILES string of the molecule is CC(N)C(Sc1nc(N)cc(=O)[nH]1)c1cccc(Cl)c1. The van der Waals surface area contributed by atoms with E-state index in [-0.39, 0.29) is 22.7 Å². The first-order chi connectivity index (χ1) is 9.45. The Kier molecular flexibility index (Phi) is 4.69. The third kappa shape index (κ3) is 3.75. The van der Waals surface area contributed by atoms with Crippen molar-refractivity contribution in [3.8, 4) is 0 Å². The van der Waals surface area contributed by atoms with Crippen LogP contribution >= 0.6 is 23.4 Å². The van der Waals surface area contributed by atoms with E-state index in [9.17, 15) is 4.79 Å². The topological polar surface area (TPSA) is 97.8 Å². The van der Waals surface area contributed by atoms with Crippen molar-refractivity contribution < 1.29 is 0 Å². The first kappa shape index (κ1) is 14.9. The van der Waals surface area contributed by atoms with E-state index >= 15 is 0 Å². The van der Waals surface area contributed by atoms with Crippen molar-refractivity contribution in [2.75, 3.05) is 5.73 Å². The zero-order chi connectivity index (χ0) is 14.7. The lowest BCUT2D eigenvalue weighted by atomic mass is 10.1. The van der Waals surface area contributed by atoms with E-state index in [1.165, 1.54) is 17.8 Å². The summed E-state index contributed by atoms with van der Waals surface area (Å²) >= 11 is 7.36. The highest BCUT2D eigenvalue weighted by Gasteiger charge is 2.19. The average Bonchev–Trinajstić information content (AvgIpc) is 2.34. The summed E-state index contributed by atoms with van der Waals surface area (Å²) in [5.41, 5.74) is 12.3. The molecule has 0 fully saturated rings. The zero-order valence-corrected chi connectivity index (χ0v) is 12.4. The summed E-state index contributed by atoms with van der Waals surface area (Å²) in [6.07, 6.45) is 0. The number of thioether (sulfide) groups is 1. The Hall–Kier alpha value is -1.50.